The second kappa shape index (κ2) is 5.71. The summed E-state index contributed by atoms with van der Waals surface area (Å²) in [5, 5.41) is 0. The first-order valence-electron chi connectivity index (χ1n) is 8.24. The quantitative estimate of drug-likeness (QED) is 0.922. The van der Waals surface area contributed by atoms with Gasteiger partial charge in [-0.1, -0.05) is 44.2 Å². The van der Waals surface area contributed by atoms with Crippen LogP contribution in [0.4, 0.5) is 0 Å². The van der Waals surface area contributed by atoms with E-state index >= 15 is 0 Å². The average molecular weight is 287 g/mol. The summed E-state index contributed by atoms with van der Waals surface area (Å²) in [7, 11) is 0. The molecule has 0 bridgehead atoms. The van der Waals surface area contributed by atoms with E-state index in [-0.39, 0.29) is 5.54 Å². The van der Waals surface area contributed by atoms with Crippen LogP contribution in [0.2, 0.25) is 0 Å². The minimum atomic E-state index is 0.211. The van der Waals surface area contributed by atoms with E-state index in [2.05, 4.69) is 54.0 Å². The van der Waals surface area contributed by atoms with Crippen LogP contribution >= 0.6 is 0 Å². The van der Waals surface area contributed by atoms with Crippen LogP contribution < -0.4 is 5.73 Å². The summed E-state index contributed by atoms with van der Waals surface area (Å²) >= 11 is 0. The van der Waals surface area contributed by atoms with E-state index in [1.807, 2.05) is 0 Å². The molecule has 0 spiro atoms. The summed E-state index contributed by atoms with van der Waals surface area (Å²) in [5.41, 5.74) is 8.30. The third-order valence-electron chi connectivity index (χ3n) is 5.39. The molecule has 1 aromatic carbocycles. The number of rotatable bonds is 4. The van der Waals surface area contributed by atoms with Crippen LogP contribution in [0.15, 0.2) is 30.3 Å². The van der Waals surface area contributed by atoms with Crippen molar-refractivity contribution >= 4 is 0 Å². The third kappa shape index (κ3) is 3.15. The van der Waals surface area contributed by atoms with Gasteiger partial charge >= 0.3 is 0 Å². The van der Waals surface area contributed by atoms with Crippen LogP contribution in [-0.2, 0) is 6.54 Å². The van der Waals surface area contributed by atoms with Crippen LogP contribution in [0.25, 0.3) is 0 Å². The van der Waals surface area contributed by atoms with Crippen molar-refractivity contribution in [1.82, 2.24) is 9.80 Å². The van der Waals surface area contributed by atoms with Crippen LogP contribution in [0, 0.1) is 5.41 Å². The Morgan fingerprint density at radius 3 is 2.43 bits per heavy atom. The van der Waals surface area contributed by atoms with Crippen molar-refractivity contribution < 1.29 is 0 Å². The van der Waals surface area contributed by atoms with Crippen molar-refractivity contribution in [3.05, 3.63) is 35.9 Å². The fourth-order valence-electron chi connectivity index (χ4n) is 3.99. The molecule has 0 amide bonds. The second-order valence-corrected chi connectivity index (χ2v) is 7.71. The molecule has 3 rings (SSSR count). The third-order valence-corrected chi connectivity index (χ3v) is 5.39. The van der Waals surface area contributed by atoms with E-state index in [9.17, 15) is 0 Å². The highest BCUT2D eigenvalue weighted by atomic mass is 15.3. The van der Waals surface area contributed by atoms with E-state index in [0.717, 1.165) is 19.6 Å². The molecule has 21 heavy (non-hydrogen) atoms. The number of hydrogen-bond acceptors (Lipinski definition) is 3. The van der Waals surface area contributed by atoms with Gasteiger partial charge in [-0.05, 0) is 30.4 Å². The lowest BCUT2D eigenvalue weighted by Crippen LogP contribution is -2.55. The summed E-state index contributed by atoms with van der Waals surface area (Å²) in [6.07, 6.45) is 2.51. The molecule has 2 fully saturated rings. The highest BCUT2D eigenvalue weighted by Gasteiger charge is 2.46. The van der Waals surface area contributed by atoms with E-state index in [4.69, 9.17) is 5.73 Å². The summed E-state index contributed by atoms with van der Waals surface area (Å²) in [6, 6.07) is 10.8. The van der Waals surface area contributed by atoms with Gasteiger partial charge in [0.25, 0.3) is 0 Å². The lowest BCUT2D eigenvalue weighted by Gasteiger charge is -2.39. The van der Waals surface area contributed by atoms with E-state index in [1.165, 1.54) is 38.0 Å². The maximum absolute atomic E-state index is 6.22. The highest BCUT2D eigenvalue weighted by Crippen LogP contribution is 2.37. The van der Waals surface area contributed by atoms with Crippen LogP contribution in [0.3, 0.4) is 0 Å². The van der Waals surface area contributed by atoms with Gasteiger partial charge in [0.2, 0.25) is 0 Å². The number of hydrogen-bond donors (Lipinski definition) is 1. The van der Waals surface area contributed by atoms with Gasteiger partial charge < -0.3 is 5.73 Å². The molecule has 0 saturated carbocycles. The summed E-state index contributed by atoms with van der Waals surface area (Å²) in [6.45, 7) is 11.3. The predicted molar refractivity (Wildman–Crippen MR) is 88.1 cm³/mol. The van der Waals surface area contributed by atoms with Crippen molar-refractivity contribution in [2.45, 2.75) is 38.8 Å². The monoisotopic (exact) mass is 287 g/mol. The van der Waals surface area contributed by atoms with E-state index in [0.29, 0.717) is 5.41 Å². The number of nitrogens with two attached hydrogens (primary N) is 1. The van der Waals surface area contributed by atoms with Gasteiger partial charge in [-0.2, -0.15) is 0 Å². The lowest BCUT2D eigenvalue weighted by molar-refractivity contribution is 0.114. The maximum atomic E-state index is 6.22. The Balaban J connectivity index is 1.66. The van der Waals surface area contributed by atoms with Gasteiger partial charge in [0.05, 0.1) is 0 Å². The molecule has 2 aliphatic heterocycles. The standard InChI is InChI=1S/C18H29N3/c1-17(2)8-11-21(14-17)18(13-19)9-10-20(15-18)12-16-6-4-3-5-7-16/h3-7H,8-15,19H2,1-2H3. The Labute approximate surface area is 129 Å². The van der Waals surface area contributed by atoms with Crippen molar-refractivity contribution in [2.75, 3.05) is 32.7 Å². The largest absolute Gasteiger partial charge is 0.329 e. The smallest absolute Gasteiger partial charge is 0.0470 e. The molecule has 1 atom stereocenters. The molecular formula is C18H29N3. The molecule has 2 N–H and O–H groups in total. The van der Waals surface area contributed by atoms with Gasteiger partial charge in [0, 0.05) is 38.3 Å². The molecule has 1 unspecified atom stereocenters. The zero-order valence-corrected chi connectivity index (χ0v) is 13.5. The molecule has 0 aromatic heterocycles. The minimum Gasteiger partial charge on any atom is -0.329 e. The van der Waals surface area contributed by atoms with Crippen LogP contribution in [0.5, 0.6) is 0 Å². The van der Waals surface area contributed by atoms with E-state index < -0.39 is 0 Å². The van der Waals surface area contributed by atoms with Gasteiger partial charge in [-0.3, -0.25) is 9.80 Å². The molecule has 3 nitrogen and oxygen atoms in total. The van der Waals surface area contributed by atoms with Gasteiger partial charge in [-0.15, -0.1) is 0 Å². The molecule has 0 radical (unpaired) electrons. The molecule has 2 aliphatic rings. The van der Waals surface area contributed by atoms with Crippen molar-refractivity contribution in [3.8, 4) is 0 Å². The maximum Gasteiger partial charge on any atom is 0.0470 e. The molecule has 1 aromatic rings. The Morgan fingerprint density at radius 1 is 1.05 bits per heavy atom. The first-order valence-corrected chi connectivity index (χ1v) is 8.24. The molecule has 2 saturated heterocycles. The first kappa shape index (κ1) is 15.0. The molecular weight excluding hydrogens is 258 g/mol. The van der Waals surface area contributed by atoms with Gasteiger partial charge in [0.15, 0.2) is 0 Å². The Hall–Kier alpha value is -0.900. The number of benzene rings is 1. The summed E-state index contributed by atoms with van der Waals surface area (Å²) < 4.78 is 0. The number of likely N-dealkylation sites (tertiary alicyclic amines) is 2. The van der Waals surface area contributed by atoms with Gasteiger partial charge in [0.1, 0.15) is 0 Å². The SMILES string of the molecule is CC1(C)CCN(C2(CN)CCN(Cc3ccccc3)C2)C1. The minimum absolute atomic E-state index is 0.211. The van der Waals surface area contributed by atoms with Gasteiger partial charge in [-0.25, -0.2) is 0 Å². The summed E-state index contributed by atoms with van der Waals surface area (Å²) in [4.78, 5) is 5.26. The van der Waals surface area contributed by atoms with Crippen LogP contribution in [0.1, 0.15) is 32.3 Å². The lowest BCUT2D eigenvalue weighted by atomic mass is 9.92. The first-order chi connectivity index (χ1) is 10.0. The Bertz CT molecular complexity index is 471. The predicted octanol–water partition coefficient (Wildman–Crippen LogP) is 2.32. The van der Waals surface area contributed by atoms with Crippen molar-refractivity contribution in [3.63, 3.8) is 0 Å². The zero-order chi connectivity index (χ0) is 14.9. The molecule has 2 heterocycles. The number of nitrogens with zero attached hydrogens (tertiary/aromatic N) is 2. The highest BCUT2D eigenvalue weighted by molar-refractivity contribution is 5.15. The zero-order valence-electron chi connectivity index (χ0n) is 13.5. The van der Waals surface area contributed by atoms with Crippen LogP contribution in [-0.4, -0.2) is 48.1 Å². The molecule has 0 aliphatic carbocycles. The molecule has 116 valence electrons. The van der Waals surface area contributed by atoms with Crippen molar-refractivity contribution in [2.24, 2.45) is 11.1 Å². The van der Waals surface area contributed by atoms with Crippen molar-refractivity contribution in [1.29, 1.82) is 0 Å². The average Bonchev–Trinajstić information content (AvgIpc) is 3.04. The Kier molecular flexibility index (Phi) is 4.08. The topological polar surface area (TPSA) is 32.5 Å². The Morgan fingerprint density at radius 2 is 1.81 bits per heavy atom. The second-order valence-electron chi connectivity index (χ2n) is 7.71. The normalized spacial score (nSPS) is 30.0. The fraction of sp³-hybridized carbons (Fsp3) is 0.667. The fourth-order valence-corrected chi connectivity index (χ4v) is 3.99. The summed E-state index contributed by atoms with van der Waals surface area (Å²) in [5.74, 6) is 0. The molecule has 3 heteroatoms. The van der Waals surface area contributed by atoms with E-state index in [1.54, 1.807) is 0 Å².